The highest BCUT2D eigenvalue weighted by atomic mass is 16.8. The highest BCUT2D eigenvalue weighted by molar-refractivity contribution is 5.92. The lowest BCUT2D eigenvalue weighted by Gasteiger charge is -2.24. The number of rotatable bonds is 13. The maximum Gasteiger partial charge on any atom is 0.340 e. The number of hydrogen-bond donors (Lipinski definition) is 0. The summed E-state index contributed by atoms with van der Waals surface area (Å²) < 4.78 is 27.8. The second-order valence-electron chi connectivity index (χ2n) is 11.0. The monoisotopic (exact) mass is 746 g/mol. The van der Waals surface area contributed by atoms with Gasteiger partial charge < -0.3 is 23.7 Å². The van der Waals surface area contributed by atoms with Crippen LogP contribution < -0.4 is 0 Å². The van der Waals surface area contributed by atoms with Gasteiger partial charge in [-0.25, -0.2) is 19.2 Å². The van der Waals surface area contributed by atoms with Gasteiger partial charge in [-0.2, -0.15) is 0 Å². The molecule has 0 spiro atoms. The molecule has 1 fully saturated rings. The molecule has 1 saturated heterocycles. The molecule has 0 aromatic heterocycles. The third-order valence-electron chi connectivity index (χ3n) is 7.61. The van der Waals surface area contributed by atoms with Gasteiger partial charge in [-0.1, -0.05) is 0 Å². The van der Waals surface area contributed by atoms with Crippen molar-refractivity contribution in [1.82, 2.24) is 0 Å². The van der Waals surface area contributed by atoms with E-state index in [1.54, 1.807) is 0 Å². The van der Waals surface area contributed by atoms with E-state index in [4.69, 9.17) is 23.7 Å². The van der Waals surface area contributed by atoms with Crippen molar-refractivity contribution in [2.75, 3.05) is 6.61 Å². The zero-order valence-electron chi connectivity index (χ0n) is 27.0. The molecule has 0 radical (unpaired) electrons. The van der Waals surface area contributed by atoms with Gasteiger partial charge in [-0.15, -0.1) is 0 Å². The molecule has 5 rings (SSSR count). The molecule has 21 heteroatoms. The summed E-state index contributed by atoms with van der Waals surface area (Å²) >= 11 is 0. The number of carbonyl (C=O) groups excluding carboxylic acids is 4. The highest BCUT2D eigenvalue weighted by Gasteiger charge is 2.52. The number of ether oxygens (including phenoxy) is 5. The number of hydrogen-bond acceptors (Lipinski definition) is 17. The smallest absolute Gasteiger partial charge is 0.340 e. The normalized spacial score (nSPS) is 17.4. The molecule has 4 atom stereocenters. The van der Waals surface area contributed by atoms with Gasteiger partial charge in [-0.05, 0) is 48.5 Å². The molecule has 1 aliphatic heterocycles. The molecule has 21 nitrogen and oxygen atoms in total. The van der Waals surface area contributed by atoms with Crippen molar-refractivity contribution in [2.24, 2.45) is 0 Å². The molecule has 4 aromatic carbocycles. The third kappa shape index (κ3) is 8.78. The quantitative estimate of drug-likeness (QED) is 0.0786. The van der Waals surface area contributed by atoms with E-state index in [1.807, 2.05) is 0 Å². The van der Waals surface area contributed by atoms with Crippen molar-refractivity contribution in [1.29, 1.82) is 0 Å². The standard InChI is InChI=1S/C33H22N4O17/c38-29(18-1-9-22(10-2-18)34(42)43)50-17-26-27(52-30(39)19-3-11-23(12-4-19)35(44)45)28(53-31(40)20-5-13-24(14-6-20)36(46)47)33(51-26)54-32(41)21-7-15-25(16-8-21)37(48)49/h1-16,26-28,33H,17H2/t26-,27-,28-,33+/m1/s1. The zero-order valence-corrected chi connectivity index (χ0v) is 27.0. The van der Waals surface area contributed by atoms with Crippen LogP contribution in [0.5, 0.6) is 0 Å². The van der Waals surface area contributed by atoms with Gasteiger partial charge in [0.05, 0.1) is 41.9 Å². The summed E-state index contributed by atoms with van der Waals surface area (Å²) in [5.41, 5.74) is -2.23. The van der Waals surface area contributed by atoms with E-state index in [2.05, 4.69) is 0 Å². The first-order chi connectivity index (χ1) is 25.7. The van der Waals surface area contributed by atoms with E-state index in [9.17, 15) is 59.6 Å². The van der Waals surface area contributed by atoms with Crippen molar-refractivity contribution < 1.29 is 62.6 Å². The summed E-state index contributed by atoms with van der Waals surface area (Å²) in [4.78, 5) is 94.2. The molecular formula is C33H22N4O17. The number of nitro benzene ring substituents is 4. The van der Waals surface area contributed by atoms with Crippen LogP contribution in [-0.2, 0) is 23.7 Å². The Hall–Kier alpha value is -7.68. The zero-order chi connectivity index (χ0) is 39.1. The predicted octanol–water partition coefficient (Wildman–Crippen LogP) is 4.51. The molecule has 0 amide bonds. The number of non-ortho nitro benzene ring substituents is 4. The number of carbonyl (C=O) groups is 4. The van der Waals surface area contributed by atoms with Crippen molar-refractivity contribution in [3.05, 3.63) is 160 Å². The second-order valence-corrected chi connectivity index (χ2v) is 11.0. The third-order valence-corrected chi connectivity index (χ3v) is 7.61. The van der Waals surface area contributed by atoms with Gasteiger partial charge in [0.2, 0.25) is 12.4 Å². The predicted molar refractivity (Wildman–Crippen MR) is 175 cm³/mol. The first-order valence-corrected chi connectivity index (χ1v) is 15.1. The van der Waals surface area contributed by atoms with Crippen LogP contribution in [-0.4, -0.2) is 74.8 Å². The van der Waals surface area contributed by atoms with Crippen molar-refractivity contribution in [2.45, 2.75) is 24.6 Å². The van der Waals surface area contributed by atoms with E-state index >= 15 is 0 Å². The fourth-order valence-corrected chi connectivity index (χ4v) is 4.86. The van der Waals surface area contributed by atoms with E-state index in [1.165, 1.54) is 0 Å². The molecule has 1 aliphatic rings. The van der Waals surface area contributed by atoms with Gasteiger partial charge >= 0.3 is 23.9 Å². The summed E-state index contributed by atoms with van der Waals surface area (Å²) in [6.07, 6.45) is -7.10. The molecule has 0 saturated carbocycles. The average Bonchev–Trinajstić information content (AvgIpc) is 3.47. The van der Waals surface area contributed by atoms with Gasteiger partial charge in [0.15, 0.2) is 6.10 Å². The summed E-state index contributed by atoms with van der Waals surface area (Å²) in [5.74, 6) is -4.51. The average molecular weight is 747 g/mol. The molecule has 4 aromatic rings. The van der Waals surface area contributed by atoms with Crippen LogP contribution in [0.4, 0.5) is 22.7 Å². The van der Waals surface area contributed by atoms with Crippen LogP contribution in [0, 0.1) is 40.5 Å². The van der Waals surface area contributed by atoms with E-state index in [0.29, 0.717) is 0 Å². The molecular weight excluding hydrogens is 724 g/mol. The molecule has 0 unspecified atom stereocenters. The first-order valence-electron chi connectivity index (χ1n) is 15.1. The van der Waals surface area contributed by atoms with E-state index in [-0.39, 0.29) is 45.0 Å². The van der Waals surface area contributed by atoms with Gasteiger partial charge in [0.1, 0.15) is 12.7 Å². The van der Waals surface area contributed by atoms with Gasteiger partial charge in [0, 0.05) is 48.5 Å². The van der Waals surface area contributed by atoms with Crippen LogP contribution in [0.3, 0.4) is 0 Å². The Balaban J connectivity index is 1.47. The maximum absolute atomic E-state index is 13.3. The van der Waals surface area contributed by atoms with Crippen LogP contribution >= 0.6 is 0 Å². The molecule has 276 valence electrons. The van der Waals surface area contributed by atoms with E-state index in [0.717, 1.165) is 97.1 Å². The number of nitro groups is 4. The molecule has 0 aliphatic carbocycles. The summed E-state index contributed by atoms with van der Waals surface area (Å²) in [6.45, 7) is -0.773. The summed E-state index contributed by atoms with van der Waals surface area (Å²) in [6, 6.07) is 16.7. The van der Waals surface area contributed by atoms with Crippen LogP contribution in [0.15, 0.2) is 97.1 Å². The minimum absolute atomic E-state index is 0.139. The summed E-state index contributed by atoms with van der Waals surface area (Å²) in [7, 11) is 0. The highest BCUT2D eigenvalue weighted by Crippen LogP contribution is 2.31. The fourth-order valence-electron chi connectivity index (χ4n) is 4.86. The van der Waals surface area contributed by atoms with Crippen LogP contribution in [0.25, 0.3) is 0 Å². The minimum Gasteiger partial charge on any atom is -0.459 e. The first kappa shape index (κ1) is 37.6. The topological polar surface area (TPSA) is 287 Å². The Morgan fingerprint density at radius 1 is 0.463 bits per heavy atom. The Labute approximate surface area is 300 Å². The molecule has 0 N–H and O–H groups in total. The molecule has 54 heavy (non-hydrogen) atoms. The molecule has 0 bridgehead atoms. The van der Waals surface area contributed by atoms with Crippen LogP contribution in [0.2, 0.25) is 0 Å². The Kier molecular flexibility index (Phi) is 11.2. The maximum atomic E-state index is 13.3. The Bertz CT molecular complexity index is 2120. The number of esters is 4. The number of nitrogens with zero attached hydrogens (tertiary/aromatic N) is 4. The van der Waals surface area contributed by atoms with Gasteiger partial charge in [-0.3, -0.25) is 40.5 Å². The lowest BCUT2D eigenvalue weighted by molar-refractivity contribution is -0.385. The largest absolute Gasteiger partial charge is 0.459 e. The SMILES string of the molecule is O=C(OC[C@H]1O[C@@H](OC(=O)c2ccc([N+](=O)[O-])cc2)[C@H](OC(=O)c2ccc([N+](=O)[O-])cc2)[C@@H]1OC(=O)c1ccc([N+](=O)[O-])cc1)c1ccc([N+](=O)[O-])cc1. The minimum atomic E-state index is -1.92. The lowest BCUT2D eigenvalue weighted by Crippen LogP contribution is -2.42. The second kappa shape index (κ2) is 16.1. The van der Waals surface area contributed by atoms with E-state index < -0.39 is 74.8 Å². The lowest BCUT2D eigenvalue weighted by atomic mass is 10.1. The van der Waals surface area contributed by atoms with Crippen molar-refractivity contribution in [3.8, 4) is 0 Å². The summed E-state index contributed by atoms with van der Waals surface area (Å²) in [5, 5.41) is 44.3. The van der Waals surface area contributed by atoms with Gasteiger partial charge in [0.25, 0.3) is 22.7 Å². The Morgan fingerprint density at radius 2 is 0.759 bits per heavy atom. The Morgan fingerprint density at radius 3 is 1.09 bits per heavy atom. The van der Waals surface area contributed by atoms with Crippen LogP contribution in [0.1, 0.15) is 41.4 Å². The fraction of sp³-hybridized carbons (Fsp3) is 0.152. The molecule has 1 heterocycles. The van der Waals surface area contributed by atoms with Crippen molar-refractivity contribution >= 4 is 46.6 Å². The number of benzene rings is 4. The van der Waals surface area contributed by atoms with Crippen molar-refractivity contribution in [3.63, 3.8) is 0 Å².